The Morgan fingerprint density at radius 3 is 1.08 bits per heavy atom. The smallest absolute Gasteiger partial charge is 0.426 e. The lowest BCUT2D eigenvalue weighted by molar-refractivity contribution is -0.188. The predicted molar refractivity (Wildman–Crippen MR) is 129 cm³/mol. The lowest BCUT2D eigenvalue weighted by Gasteiger charge is -2.20. The fraction of sp³-hybridized carbons (Fsp3) is 0.143. The van der Waals surface area contributed by atoms with Crippen LogP contribution in [-0.4, -0.2) is 11.9 Å². The molecule has 0 aliphatic rings. The minimum atomic E-state index is -3.78. The number of ether oxygens (including phenoxy) is 4. The van der Waals surface area contributed by atoms with E-state index in [9.17, 15) is 27.2 Å². The van der Waals surface area contributed by atoms with Crippen molar-refractivity contribution in [3.8, 4) is 23.0 Å². The molecule has 0 fully saturated rings. The number of carbonyl (C=O) groups is 2. The van der Waals surface area contributed by atoms with Crippen LogP contribution >= 0.6 is 0 Å². The average molecular weight is 530 g/mol. The van der Waals surface area contributed by atoms with Crippen molar-refractivity contribution in [3.05, 3.63) is 108 Å². The molecule has 0 bridgehead atoms. The fourth-order valence-corrected chi connectivity index (χ4v) is 2.81. The van der Waals surface area contributed by atoms with E-state index in [2.05, 4.69) is 13.2 Å². The van der Waals surface area contributed by atoms with Crippen LogP contribution in [-0.2, 0) is 21.8 Å². The van der Waals surface area contributed by atoms with E-state index < -0.39 is 35.3 Å². The molecule has 3 aromatic carbocycles. The van der Waals surface area contributed by atoms with Crippen LogP contribution in [0.4, 0.5) is 17.6 Å². The summed E-state index contributed by atoms with van der Waals surface area (Å²) in [5.41, 5.74) is -0.770. The molecule has 0 amide bonds. The molecule has 0 saturated heterocycles. The molecule has 10 heteroatoms. The van der Waals surface area contributed by atoms with Crippen LogP contribution in [0.15, 0.2) is 97.1 Å². The SMILES string of the molecule is C=C(C)C(=O)Oc1ccc(C(F)(F)Oc2ccc(OC(F)(F)c3ccc(OC(=O)C(=C)C)cc3)cc2)cc1. The van der Waals surface area contributed by atoms with Crippen molar-refractivity contribution in [3.63, 3.8) is 0 Å². The molecule has 3 rings (SSSR count). The van der Waals surface area contributed by atoms with Crippen LogP contribution in [0.5, 0.6) is 23.0 Å². The maximum absolute atomic E-state index is 14.6. The summed E-state index contributed by atoms with van der Waals surface area (Å²) in [5.74, 6) is -1.94. The van der Waals surface area contributed by atoms with E-state index in [-0.39, 0.29) is 34.1 Å². The first-order valence-corrected chi connectivity index (χ1v) is 11.0. The quantitative estimate of drug-likeness (QED) is 0.123. The molecule has 0 atom stereocenters. The van der Waals surface area contributed by atoms with E-state index in [0.29, 0.717) is 0 Å². The van der Waals surface area contributed by atoms with Gasteiger partial charge in [-0.3, -0.25) is 0 Å². The van der Waals surface area contributed by atoms with Gasteiger partial charge in [0.15, 0.2) is 0 Å². The van der Waals surface area contributed by atoms with E-state index in [4.69, 9.17) is 18.9 Å². The van der Waals surface area contributed by atoms with Crippen molar-refractivity contribution in [1.82, 2.24) is 0 Å². The highest BCUT2D eigenvalue weighted by Crippen LogP contribution is 2.36. The van der Waals surface area contributed by atoms with Crippen LogP contribution in [0.25, 0.3) is 0 Å². The number of esters is 2. The molecular weight excluding hydrogens is 508 g/mol. The third kappa shape index (κ3) is 7.22. The van der Waals surface area contributed by atoms with E-state index >= 15 is 0 Å². The van der Waals surface area contributed by atoms with Gasteiger partial charge < -0.3 is 18.9 Å². The average Bonchev–Trinajstić information content (AvgIpc) is 2.85. The van der Waals surface area contributed by atoms with Gasteiger partial charge in [0.25, 0.3) is 0 Å². The zero-order valence-electron chi connectivity index (χ0n) is 20.3. The van der Waals surface area contributed by atoms with Crippen LogP contribution < -0.4 is 18.9 Å². The summed E-state index contributed by atoms with van der Waals surface area (Å²) in [7, 11) is 0. The van der Waals surface area contributed by atoms with Gasteiger partial charge in [-0.2, -0.15) is 17.6 Å². The molecule has 0 aliphatic carbocycles. The second-order valence-corrected chi connectivity index (χ2v) is 8.10. The predicted octanol–water partition coefficient (Wildman–Crippen LogP) is 6.91. The molecule has 0 saturated carbocycles. The Morgan fingerprint density at radius 1 is 0.553 bits per heavy atom. The zero-order chi connectivity index (χ0) is 28.1. The van der Waals surface area contributed by atoms with Gasteiger partial charge in [0.2, 0.25) is 0 Å². The highest BCUT2D eigenvalue weighted by atomic mass is 19.3. The molecule has 6 nitrogen and oxygen atoms in total. The monoisotopic (exact) mass is 530 g/mol. The van der Waals surface area contributed by atoms with Crippen LogP contribution in [0.3, 0.4) is 0 Å². The Kier molecular flexibility index (Phi) is 8.25. The molecule has 0 aliphatic heterocycles. The molecular formula is C28H22F4O6. The summed E-state index contributed by atoms with van der Waals surface area (Å²) in [6, 6.07) is 12.9. The van der Waals surface area contributed by atoms with E-state index in [1.807, 2.05) is 0 Å². The summed E-state index contributed by atoms with van der Waals surface area (Å²) in [4.78, 5) is 23.1. The van der Waals surface area contributed by atoms with E-state index in [1.165, 1.54) is 38.1 Å². The summed E-state index contributed by atoms with van der Waals surface area (Å²) in [6.07, 6.45) is -7.56. The van der Waals surface area contributed by atoms with Crippen molar-refractivity contribution in [2.45, 2.75) is 26.1 Å². The Balaban J connectivity index is 1.63. The second-order valence-electron chi connectivity index (χ2n) is 8.10. The van der Waals surface area contributed by atoms with Crippen molar-refractivity contribution in [2.75, 3.05) is 0 Å². The topological polar surface area (TPSA) is 71.1 Å². The summed E-state index contributed by atoms with van der Waals surface area (Å²) in [6.45, 7) is 9.75. The number of hydrogen-bond donors (Lipinski definition) is 0. The molecule has 0 radical (unpaired) electrons. The number of halogens is 4. The van der Waals surface area contributed by atoms with Crippen LogP contribution in [0, 0.1) is 0 Å². The fourth-order valence-electron chi connectivity index (χ4n) is 2.81. The highest BCUT2D eigenvalue weighted by Gasteiger charge is 2.36. The summed E-state index contributed by atoms with van der Waals surface area (Å²) >= 11 is 0. The third-order valence-corrected chi connectivity index (χ3v) is 4.81. The molecule has 38 heavy (non-hydrogen) atoms. The van der Waals surface area contributed by atoms with Crippen molar-refractivity contribution in [2.24, 2.45) is 0 Å². The summed E-state index contributed by atoms with van der Waals surface area (Å²) < 4.78 is 77.7. The lowest BCUT2D eigenvalue weighted by Crippen LogP contribution is -2.22. The number of rotatable bonds is 10. The van der Waals surface area contributed by atoms with Crippen LogP contribution in [0.1, 0.15) is 25.0 Å². The van der Waals surface area contributed by atoms with Gasteiger partial charge in [0, 0.05) is 11.1 Å². The molecule has 0 heterocycles. The van der Waals surface area contributed by atoms with E-state index in [1.54, 1.807) is 0 Å². The maximum atomic E-state index is 14.6. The van der Waals surface area contributed by atoms with Crippen LogP contribution in [0.2, 0.25) is 0 Å². The first-order chi connectivity index (χ1) is 17.8. The highest BCUT2D eigenvalue weighted by molar-refractivity contribution is 5.89. The lowest BCUT2D eigenvalue weighted by atomic mass is 10.2. The standard InChI is InChI=1S/C28H22F4O6/c1-17(2)25(33)35-21-9-5-19(6-10-21)27(29,30)37-23-13-15-24(16-14-23)38-28(31,32)20-7-11-22(12-8-20)36-26(34)18(3)4/h5-16H,1,3H2,2,4H3. The molecule has 0 N–H and O–H groups in total. The largest absolute Gasteiger partial charge is 0.429 e. The van der Waals surface area contributed by atoms with Gasteiger partial charge in [-0.1, -0.05) is 13.2 Å². The Labute approximate surface area is 215 Å². The number of carbonyl (C=O) groups excluding carboxylic acids is 2. The van der Waals surface area contributed by atoms with E-state index in [0.717, 1.165) is 48.5 Å². The van der Waals surface area contributed by atoms with Crippen molar-refractivity contribution >= 4 is 11.9 Å². The molecule has 0 aromatic heterocycles. The number of hydrogen-bond acceptors (Lipinski definition) is 6. The second kappa shape index (κ2) is 11.2. The Bertz CT molecular complexity index is 1230. The van der Waals surface area contributed by atoms with Gasteiger partial charge in [0.1, 0.15) is 23.0 Å². The molecule has 198 valence electrons. The Morgan fingerprint density at radius 2 is 0.816 bits per heavy atom. The maximum Gasteiger partial charge on any atom is 0.426 e. The third-order valence-electron chi connectivity index (χ3n) is 4.81. The van der Waals surface area contributed by atoms with Gasteiger partial charge >= 0.3 is 24.2 Å². The minimum absolute atomic E-state index is 0.0440. The van der Waals surface area contributed by atoms with Gasteiger partial charge in [0.05, 0.1) is 11.1 Å². The van der Waals surface area contributed by atoms with Crippen molar-refractivity contribution in [1.29, 1.82) is 0 Å². The molecule has 0 spiro atoms. The normalized spacial score (nSPS) is 11.3. The Hall–Kier alpha value is -4.60. The van der Waals surface area contributed by atoms with Gasteiger partial charge in [-0.25, -0.2) is 9.59 Å². The first-order valence-electron chi connectivity index (χ1n) is 11.0. The molecule has 3 aromatic rings. The minimum Gasteiger partial charge on any atom is -0.429 e. The molecule has 0 unspecified atom stereocenters. The van der Waals surface area contributed by atoms with Gasteiger partial charge in [-0.15, -0.1) is 0 Å². The van der Waals surface area contributed by atoms with Crippen molar-refractivity contribution < 1.29 is 46.1 Å². The number of alkyl halides is 4. The van der Waals surface area contributed by atoms with Gasteiger partial charge in [-0.05, 0) is 86.6 Å². The first kappa shape index (κ1) is 28.0. The zero-order valence-corrected chi connectivity index (χ0v) is 20.3. The number of benzene rings is 3. The summed E-state index contributed by atoms with van der Waals surface area (Å²) in [5, 5.41) is 0.